The van der Waals surface area contributed by atoms with Gasteiger partial charge < -0.3 is 14.9 Å². The lowest BCUT2D eigenvalue weighted by atomic mass is 9.48. The third-order valence-corrected chi connectivity index (χ3v) is 7.71. The van der Waals surface area contributed by atoms with Crippen LogP contribution in [-0.4, -0.2) is 45.9 Å². The Balaban J connectivity index is 1.58. The number of phenolic OH excluding ortho intramolecular Hbond substituents is 1. The van der Waals surface area contributed by atoms with Gasteiger partial charge in [0.25, 0.3) is 0 Å². The topological polar surface area (TPSA) is 52.9 Å². The molecule has 0 aromatic heterocycles. The van der Waals surface area contributed by atoms with E-state index in [1.807, 2.05) is 6.07 Å². The van der Waals surface area contributed by atoms with Gasteiger partial charge in [0.1, 0.15) is 6.10 Å². The predicted octanol–water partition coefficient (Wildman–Crippen LogP) is 2.51. The minimum atomic E-state index is -0.780. The number of phenols is 1. The molecule has 2 saturated carbocycles. The van der Waals surface area contributed by atoms with E-state index in [0.717, 1.165) is 55.8 Å². The maximum atomic E-state index is 12.1. The SMILES string of the molecule is C=C1CC[C@]2(O)[C@@H]3Cc4ccc(O)c5c4C2(CCN3CC2CC2)C1O5. The summed E-state index contributed by atoms with van der Waals surface area (Å²) in [4.78, 5) is 2.56. The Kier molecular flexibility index (Phi) is 2.58. The largest absolute Gasteiger partial charge is 0.504 e. The summed E-state index contributed by atoms with van der Waals surface area (Å²) >= 11 is 0. The van der Waals surface area contributed by atoms with Crippen molar-refractivity contribution in [2.24, 2.45) is 5.92 Å². The van der Waals surface area contributed by atoms with Crippen molar-refractivity contribution in [3.63, 3.8) is 0 Å². The number of piperidine rings is 1. The van der Waals surface area contributed by atoms with Gasteiger partial charge in [-0.05, 0) is 68.2 Å². The van der Waals surface area contributed by atoms with Crippen LogP contribution in [0.1, 0.15) is 43.2 Å². The molecular weight excluding hydrogens is 314 g/mol. The molecule has 0 amide bonds. The van der Waals surface area contributed by atoms with Crippen LogP contribution in [0.25, 0.3) is 0 Å². The van der Waals surface area contributed by atoms with Gasteiger partial charge in [0.05, 0.1) is 11.0 Å². The number of aromatic hydroxyl groups is 1. The lowest BCUT2D eigenvalue weighted by Gasteiger charge is -2.63. The third-order valence-electron chi connectivity index (χ3n) is 7.71. The number of rotatable bonds is 2. The monoisotopic (exact) mass is 339 g/mol. The zero-order valence-electron chi connectivity index (χ0n) is 14.5. The Bertz CT molecular complexity index is 801. The molecule has 5 aliphatic rings. The van der Waals surface area contributed by atoms with Crippen molar-refractivity contribution in [3.8, 4) is 11.5 Å². The molecule has 2 aliphatic heterocycles. The molecule has 4 atom stereocenters. The molecule has 1 aromatic carbocycles. The van der Waals surface area contributed by atoms with Crippen molar-refractivity contribution in [2.75, 3.05) is 13.1 Å². The molecule has 2 heterocycles. The maximum absolute atomic E-state index is 12.1. The van der Waals surface area contributed by atoms with E-state index in [-0.39, 0.29) is 17.9 Å². The first-order chi connectivity index (χ1) is 12.0. The highest BCUT2D eigenvalue weighted by Gasteiger charge is 2.71. The quantitative estimate of drug-likeness (QED) is 0.813. The van der Waals surface area contributed by atoms with Gasteiger partial charge in [-0.25, -0.2) is 0 Å². The summed E-state index contributed by atoms with van der Waals surface area (Å²) in [7, 11) is 0. The summed E-state index contributed by atoms with van der Waals surface area (Å²) in [6.07, 6.45) is 5.79. The van der Waals surface area contributed by atoms with Crippen molar-refractivity contribution in [2.45, 2.75) is 61.7 Å². The minimum absolute atomic E-state index is 0.157. The number of ether oxygens (including phenoxy) is 1. The van der Waals surface area contributed by atoms with Crippen LogP contribution in [0, 0.1) is 5.92 Å². The first kappa shape index (κ1) is 14.6. The molecule has 1 spiro atoms. The molecule has 6 rings (SSSR count). The number of likely N-dealkylation sites (tertiary alicyclic amines) is 1. The van der Waals surface area contributed by atoms with Gasteiger partial charge >= 0.3 is 0 Å². The van der Waals surface area contributed by atoms with Gasteiger partial charge in [-0.1, -0.05) is 12.6 Å². The van der Waals surface area contributed by atoms with Gasteiger partial charge in [-0.3, -0.25) is 4.90 Å². The minimum Gasteiger partial charge on any atom is -0.504 e. The Morgan fingerprint density at radius 1 is 1.28 bits per heavy atom. The molecule has 2 bridgehead atoms. The normalized spacial score (nSPS) is 41.4. The molecule has 0 radical (unpaired) electrons. The Morgan fingerprint density at radius 2 is 2.12 bits per heavy atom. The van der Waals surface area contributed by atoms with Gasteiger partial charge in [-0.15, -0.1) is 0 Å². The fourth-order valence-electron chi connectivity index (χ4n) is 6.39. The molecule has 3 aliphatic carbocycles. The van der Waals surface area contributed by atoms with Crippen LogP contribution >= 0.6 is 0 Å². The lowest BCUT2D eigenvalue weighted by molar-refractivity contribution is -0.174. The Labute approximate surface area is 148 Å². The molecule has 2 unspecified atom stereocenters. The van der Waals surface area contributed by atoms with Crippen LogP contribution in [0.2, 0.25) is 0 Å². The van der Waals surface area contributed by atoms with E-state index in [4.69, 9.17) is 4.74 Å². The highest BCUT2D eigenvalue weighted by molar-refractivity contribution is 5.63. The molecule has 2 N–H and O–H groups in total. The van der Waals surface area contributed by atoms with E-state index >= 15 is 0 Å². The van der Waals surface area contributed by atoms with E-state index in [9.17, 15) is 10.2 Å². The number of nitrogens with zero attached hydrogens (tertiary/aromatic N) is 1. The van der Waals surface area contributed by atoms with Crippen molar-refractivity contribution in [1.29, 1.82) is 0 Å². The van der Waals surface area contributed by atoms with Gasteiger partial charge in [0.15, 0.2) is 11.5 Å². The summed E-state index contributed by atoms with van der Waals surface area (Å²) in [5.74, 6) is 1.64. The fourth-order valence-corrected chi connectivity index (χ4v) is 6.39. The highest BCUT2D eigenvalue weighted by atomic mass is 16.5. The number of benzene rings is 1. The summed E-state index contributed by atoms with van der Waals surface area (Å²) in [5, 5.41) is 22.5. The number of aliphatic hydroxyl groups is 1. The maximum Gasteiger partial charge on any atom is 0.166 e. The van der Waals surface area contributed by atoms with Crippen LogP contribution in [-0.2, 0) is 11.8 Å². The zero-order chi connectivity index (χ0) is 17.0. The first-order valence-electron chi connectivity index (χ1n) is 9.71. The van der Waals surface area contributed by atoms with Gasteiger partial charge in [0.2, 0.25) is 0 Å². The molecule has 1 saturated heterocycles. The molecule has 4 heteroatoms. The zero-order valence-corrected chi connectivity index (χ0v) is 14.5. The second kappa shape index (κ2) is 4.41. The Hall–Kier alpha value is -1.52. The van der Waals surface area contributed by atoms with Crippen molar-refractivity contribution >= 4 is 0 Å². The van der Waals surface area contributed by atoms with E-state index < -0.39 is 11.0 Å². The number of hydrogen-bond acceptors (Lipinski definition) is 4. The van der Waals surface area contributed by atoms with Gasteiger partial charge in [-0.2, -0.15) is 0 Å². The first-order valence-corrected chi connectivity index (χ1v) is 9.71. The van der Waals surface area contributed by atoms with Crippen LogP contribution in [0.3, 0.4) is 0 Å². The van der Waals surface area contributed by atoms with Crippen molar-refractivity contribution in [3.05, 3.63) is 35.4 Å². The lowest BCUT2D eigenvalue weighted by Crippen LogP contribution is -2.75. The smallest absolute Gasteiger partial charge is 0.166 e. The fraction of sp³-hybridized carbons (Fsp3) is 0.619. The summed E-state index contributed by atoms with van der Waals surface area (Å²) in [5.41, 5.74) is 2.21. The second-order valence-corrected chi connectivity index (χ2v) is 8.91. The van der Waals surface area contributed by atoms with E-state index in [1.165, 1.54) is 18.4 Å². The average Bonchev–Trinajstić information content (AvgIpc) is 3.32. The highest BCUT2D eigenvalue weighted by Crippen LogP contribution is 2.66. The molecule has 1 aromatic rings. The molecule has 4 nitrogen and oxygen atoms in total. The number of hydrogen-bond donors (Lipinski definition) is 2. The van der Waals surface area contributed by atoms with E-state index in [1.54, 1.807) is 6.07 Å². The van der Waals surface area contributed by atoms with E-state index in [2.05, 4.69) is 11.5 Å². The average molecular weight is 339 g/mol. The van der Waals surface area contributed by atoms with Gasteiger partial charge in [0, 0.05) is 18.2 Å². The van der Waals surface area contributed by atoms with Crippen molar-refractivity contribution in [1.82, 2.24) is 4.90 Å². The third kappa shape index (κ3) is 1.57. The van der Waals surface area contributed by atoms with Crippen LogP contribution in [0.15, 0.2) is 24.3 Å². The molecule has 25 heavy (non-hydrogen) atoms. The summed E-state index contributed by atoms with van der Waals surface area (Å²) < 4.78 is 6.29. The van der Waals surface area contributed by atoms with Crippen LogP contribution < -0.4 is 4.74 Å². The Morgan fingerprint density at radius 3 is 2.92 bits per heavy atom. The van der Waals surface area contributed by atoms with E-state index in [0.29, 0.717) is 5.75 Å². The molecule has 132 valence electrons. The van der Waals surface area contributed by atoms with Crippen molar-refractivity contribution < 1.29 is 14.9 Å². The molecular formula is C21H25NO3. The standard InChI is InChI=1S/C21H25NO3/c1-12-6-7-21(24)16-10-14-4-5-15(23)18-17(14)20(21,19(12)25-18)8-9-22(16)11-13-2-3-13/h4-5,13,16,19,23-24H,1-3,6-11H2/t16-,19?,20?,21-/m0/s1. The summed E-state index contributed by atoms with van der Waals surface area (Å²) in [6.45, 7) is 6.40. The van der Waals surface area contributed by atoms with Crippen LogP contribution in [0.5, 0.6) is 11.5 Å². The van der Waals surface area contributed by atoms with Crippen LogP contribution in [0.4, 0.5) is 0 Å². The molecule has 3 fully saturated rings. The summed E-state index contributed by atoms with van der Waals surface area (Å²) in [6, 6.07) is 3.96. The predicted molar refractivity (Wildman–Crippen MR) is 93.9 cm³/mol. The second-order valence-electron chi connectivity index (χ2n) is 8.91.